The van der Waals surface area contributed by atoms with Crippen LogP contribution in [0, 0.1) is 11.9 Å². The first-order valence-corrected chi connectivity index (χ1v) is 12.0. The van der Waals surface area contributed by atoms with Crippen LogP contribution in [0.3, 0.4) is 0 Å². The molecule has 0 aromatic carbocycles. The summed E-state index contributed by atoms with van der Waals surface area (Å²) in [6.45, 7) is 7.09. The molecule has 4 nitrogen and oxygen atoms in total. The molecule has 22 heavy (non-hydrogen) atoms. The molecule has 0 unspecified atom stereocenters. The molecular formula is C13H16Br2F2N2O2Si. The van der Waals surface area contributed by atoms with Crippen LogP contribution < -0.4 is 4.90 Å². The van der Waals surface area contributed by atoms with E-state index < -0.39 is 29.1 Å². The molecule has 122 valence electrons. The average Bonchev–Trinajstić information content (AvgIpc) is 2.53. The molecule has 0 bridgehead atoms. The third kappa shape index (κ3) is 3.57. The van der Waals surface area contributed by atoms with E-state index in [2.05, 4.69) is 56.5 Å². The van der Waals surface area contributed by atoms with Crippen molar-refractivity contribution in [2.45, 2.75) is 28.9 Å². The molecular weight excluding hydrogens is 442 g/mol. The molecule has 2 rings (SSSR count). The number of carbonyl (C=O) groups is 1. The Kier molecular flexibility index (Phi) is 5.11. The van der Waals surface area contributed by atoms with Gasteiger partial charge in [0.15, 0.2) is 3.23 Å². The first-order chi connectivity index (χ1) is 10.0. The Labute approximate surface area is 145 Å². The molecule has 1 aromatic rings. The predicted molar refractivity (Wildman–Crippen MR) is 90.1 cm³/mol. The lowest BCUT2D eigenvalue weighted by molar-refractivity contribution is -0.119. The summed E-state index contributed by atoms with van der Waals surface area (Å²) in [5, 5.41) is 0. The van der Waals surface area contributed by atoms with Crippen molar-refractivity contribution in [1.82, 2.24) is 4.98 Å². The van der Waals surface area contributed by atoms with E-state index in [-0.39, 0.29) is 18.0 Å². The highest BCUT2D eigenvalue weighted by Gasteiger charge is 2.50. The quantitative estimate of drug-likeness (QED) is 0.291. The molecule has 0 atom stereocenters. The van der Waals surface area contributed by atoms with Crippen molar-refractivity contribution in [2.75, 3.05) is 18.2 Å². The van der Waals surface area contributed by atoms with E-state index in [9.17, 15) is 13.6 Å². The van der Waals surface area contributed by atoms with Crippen molar-refractivity contribution < 1.29 is 18.3 Å². The van der Waals surface area contributed by atoms with Crippen LogP contribution in [-0.2, 0) is 12.8 Å². The standard InChI is InChI=1S/C13H16Br2F2N2O2Si/c1-22(2,3)5-4-21-7-19-8-6-9(16)18-11(17)10(8)13(14,15)12(19)20/h6H,4-5,7H2,1-3H3. The highest BCUT2D eigenvalue weighted by molar-refractivity contribution is 9.25. The normalized spacial score (nSPS) is 17.0. The molecule has 1 aliphatic rings. The number of rotatable bonds is 5. The fourth-order valence-electron chi connectivity index (χ4n) is 2.02. The summed E-state index contributed by atoms with van der Waals surface area (Å²) in [5.41, 5.74) is 0.0875. The fraction of sp³-hybridized carbons (Fsp3) is 0.538. The average molecular weight is 458 g/mol. The van der Waals surface area contributed by atoms with Gasteiger partial charge >= 0.3 is 0 Å². The first kappa shape index (κ1) is 18.0. The van der Waals surface area contributed by atoms with Gasteiger partial charge in [-0.2, -0.15) is 13.8 Å². The minimum absolute atomic E-state index is 0.0345. The van der Waals surface area contributed by atoms with E-state index in [0.29, 0.717) is 6.61 Å². The van der Waals surface area contributed by atoms with E-state index >= 15 is 0 Å². The Morgan fingerprint density at radius 1 is 1.36 bits per heavy atom. The predicted octanol–water partition coefficient (Wildman–Crippen LogP) is 3.96. The molecule has 2 heterocycles. The zero-order chi connectivity index (χ0) is 16.7. The van der Waals surface area contributed by atoms with Gasteiger partial charge in [0, 0.05) is 20.7 Å². The maximum Gasteiger partial charge on any atom is 0.261 e. The Morgan fingerprint density at radius 3 is 2.59 bits per heavy atom. The summed E-state index contributed by atoms with van der Waals surface area (Å²) in [4.78, 5) is 16.7. The number of aromatic nitrogens is 1. The number of alkyl halides is 2. The van der Waals surface area contributed by atoms with Gasteiger partial charge in [-0.3, -0.25) is 9.69 Å². The molecule has 0 aliphatic carbocycles. The van der Waals surface area contributed by atoms with Crippen LogP contribution >= 0.6 is 31.9 Å². The third-order valence-corrected chi connectivity index (χ3v) is 6.43. The number of carbonyl (C=O) groups excluding carboxylic acids is 1. The molecule has 0 saturated carbocycles. The highest BCUT2D eigenvalue weighted by atomic mass is 79.9. The number of pyridine rings is 1. The molecule has 1 aliphatic heterocycles. The van der Waals surface area contributed by atoms with Crippen molar-refractivity contribution in [2.24, 2.45) is 0 Å². The number of fused-ring (bicyclic) bond motifs is 1. The maximum absolute atomic E-state index is 13.9. The van der Waals surface area contributed by atoms with Crippen molar-refractivity contribution in [3.63, 3.8) is 0 Å². The number of nitrogens with zero attached hydrogens (tertiary/aromatic N) is 2. The molecule has 0 saturated heterocycles. The van der Waals surface area contributed by atoms with E-state index in [1.807, 2.05) is 0 Å². The lowest BCUT2D eigenvalue weighted by Crippen LogP contribution is -2.35. The zero-order valence-corrected chi connectivity index (χ0v) is 16.6. The second-order valence-corrected chi connectivity index (χ2v) is 15.3. The number of halogens is 4. The largest absolute Gasteiger partial charge is 0.361 e. The molecule has 0 radical (unpaired) electrons. The lowest BCUT2D eigenvalue weighted by Gasteiger charge is -2.20. The topological polar surface area (TPSA) is 42.4 Å². The summed E-state index contributed by atoms with van der Waals surface area (Å²) < 4.78 is 31.4. The summed E-state index contributed by atoms with van der Waals surface area (Å²) in [5.74, 6) is -2.47. The van der Waals surface area contributed by atoms with Crippen molar-refractivity contribution >= 4 is 51.5 Å². The monoisotopic (exact) mass is 456 g/mol. The smallest absolute Gasteiger partial charge is 0.261 e. The fourth-order valence-corrected chi connectivity index (χ4v) is 3.94. The van der Waals surface area contributed by atoms with E-state index in [1.54, 1.807) is 0 Å². The van der Waals surface area contributed by atoms with Gasteiger partial charge in [-0.05, 0) is 6.04 Å². The van der Waals surface area contributed by atoms with Gasteiger partial charge in [0.2, 0.25) is 11.9 Å². The first-order valence-electron chi connectivity index (χ1n) is 6.68. The summed E-state index contributed by atoms with van der Waals surface area (Å²) >= 11 is 6.27. The van der Waals surface area contributed by atoms with Gasteiger partial charge in [0.05, 0.1) is 11.3 Å². The van der Waals surface area contributed by atoms with Gasteiger partial charge < -0.3 is 4.74 Å². The Balaban J connectivity index is 2.19. The van der Waals surface area contributed by atoms with Crippen LogP contribution in [0.4, 0.5) is 14.5 Å². The number of hydrogen-bond donors (Lipinski definition) is 0. The van der Waals surface area contributed by atoms with Crippen molar-refractivity contribution in [3.8, 4) is 0 Å². The summed E-state index contributed by atoms with van der Waals surface area (Å²) in [6, 6.07) is 1.97. The number of anilines is 1. The summed E-state index contributed by atoms with van der Waals surface area (Å²) in [6.07, 6.45) is 0. The summed E-state index contributed by atoms with van der Waals surface area (Å²) in [7, 11) is -1.25. The third-order valence-electron chi connectivity index (χ3n) is 3.26. The van der Waals surface area contributed by atoms with Crippen LogP contribution in [-0.4, -0.2) is 32.3 Å². The van der Waals surface area contributed by atoms with Crippen molar-refractivity contribution in [3.05, 3.63) is 23.5 Å². The SMILES string of the molecule is C[Si](C)(C)CCOCN1C(=O)C(Br)(Br)c2c1cc(F)nc2F. The van der Waals surface area contributed by atoms with Crippen LogP contribution in [0.2, 0.25) is 25.7 Å². The van der Waals surface area contributed by atoms with Crippen LogP contribution in [0.25, 0.3) is 0 Å². The van der Waals surface area contributed by atoms with E-state index in [1.165, 1.54) is 4.90 Å². The van der Waals surface area contributed by atoms with Gasteiger partial charge in [-0.1, -0.05) is 51.5 Å². The molecule has 0 N–H and O–H groups in total. The van der Waals surface area contributed by atoms with Gasteiger partial charge in [0.25, 0.3) is 5.91 Å². The second-order valence-electron chi connectivity index (χ2n) is 6.29. The molecule has 9 heteroatoms. The Morgan fingerprint density at radius 2 is 2.00 bits per heavy atom. The van der Waals surface area contributed by atoms with E-state index in [0.717, 1.165) is 12.1 Å². The van der Waals surface area contributed by atoms with E-state index in [4.69, 9.17) is 4.74 Å². The Hall–Kier alpha value is -0.383. The lowest BCUT2D eigenvalue weighted by atomic mass is 10.2. The number of ether oxygens (including phenoxy) is 1. The number of amides is 1. The highest BCUT2D eigenvalue weighted by Crippen LogP contribution is 2.51. The molecule has 0 spiro atoms. The Bertz CT molecular complexity index is 608. The molecule has 1 aromatic heterocycles. The minimum Gasteiger partial charge on any atom is -0.361 e. The minimum atomic E-state index is -1.44. The van der Waals surface area contributed by atoms with Gasteiger partial charge in [-0.15, -0.1) is 0 Å². The molecule has 1 amide bonds. The van der Waals surface area contributed by atoms with Crippen LogP contribution in [0.1, 0.15) is 5.56 Å². The maximum atomic E-state index is 13.9. The van der Waals surface area contributed by atoms with Crippen molar-refractivity contribution in [1.29, 1.82) is 0 Å². The zero-order valence-electron chi connectivity index (χ0n) is 12.4. The van der Waals surface area contributed by atoms with Gasteiger partial charge in [-0.25, -0.2) is 0 Å². The second kappa shape index (κ2) is 6.25. The van der Waals surface area contributed by atoms with Gasteiger partial charge in [0.1, 0.15) is 6.73 Å². The molecule has 0 fully saturated rings. The van der Waals surface area contributed by atoms with Crippen LogP contribution in [0.15, 0.2) is 6.07 Å². The van der Waals surface area contributed by atoms with Crippen LogP contribution in [0.5, 0.6) is 0 Å². The number of hydrogen-bond acceptors (Lipinski definition) is 3.